The van der Waals surface area contributed by atoms with Gasteiger partial charge in [-0.2, -0.15) is 5.10 Å². The van der Waals surface area contributed by atoms with E-state index in [4.69, 9.17) is 0 Å². The summed E-state index contributed by atoms with van der Waals surface area (Å²) in [4.78, 5) is 22.4. The third-order valence-electron chi connectivity index (χ3n) is 2.97. The predicted molar refractivity (Wildman–Crippen MR) is 73.4 cm³/mol. The number of hydrogen-bond donors (Lipinski definition) is 1. The van der Waals surface area contributed by atoms with Crippen LogP contribution in [-0.2, 0) is 4.79 Å². The second-order valence-electron chi connectivity index (χ2n) is 4.41. The Kier molecular flexibility index (Phi) is 3.79. The van der Waals surface area contributed by atoms with Crippen molar-refractivity contribution in [3.05, 3.63) is 52.3 Å². The highest BCUT2D eigenvalue weighted by molar-refractivity contribution is 5.93. The molecule has 1 amide bonds. The average Bonchev–Trinajstić information content (AvgIpc) is 2.93. The van der Waals surface area contributed by atoms with E-state index in [1.54, 1.807) is 44.4 Å². The molecule has 2 aromatic rings. The number of nitrogens with zero attached hydrogens (tertiary/aromatic N) is 3. The molecule has 1 heterocycles. The summed E-state index contributed by atoms with van der Waals surface area (Å²) in [5, 5.41) is 17.5. The molecule has 2 rings (SSSR count). The molecule has 0 aliphatic rings. The molecule has 0 saturated carbocycles. The van der Waals surface area contributed by atoms with Crippen LogP contribution in [0.2, 0.25) is 0 Å². The molecule has 1 atom stereocenters. The summed E-state index contributed by atoms with van der Waals surface area (Å²) in [5.74, 6) is -0.285. The maximum absolute atomic E-state index is 12.0. The van der Waals surface area contributed by atoms with Gasteiger partial charge in [0.15, 0.2) is 0 Å². The Hall–Kier alpha value is -2.70. The lowest BCUT2D eigenvalue weighted by molar-refractivity contribution is -0.385. The fourth-order valence-electron chi connectivity index (χ4n) is 1.76. The number of nitrogens with one attached hydrogen (secondary N) is 1. The number of carbonyl (C=O) groups is 1. The maximum Gasteiger partial charge on any atom is 0.274 e. The fourth-order valence-corrected chi connectivity index (χ4v) is 1.76. The first-order valence-electron chi connectivity index (χ1n) is 6.04. The third-order valence-corrected chi connectivity index (χ3v) is 2.97. The highest BCUT2D eigenvalue weighted by atomic mass is 16.6. The van der Waals surface area contributed by atoms with Gasteiger partial charge in [0.25, 0.3) is 5.69 Å². The van der Waals surface area contributed by atoms with Crippen molar-refractivity contribution in [1.29, 1.82) is 0 Å². The van der Waals surface area contributed by atoms with Crippen LogP contribution in [0.1, 0.15) is 18.5 Å². The number of aryl methyl sites for hydroxylation is 1. The van der Waals surface area contributed by atoms with Gasteiger partial charge in [-0.05, 0) is 26.0 Å². The molecular formula is C13H14N4O3. The Bertz CT molecular complexity index is 637. The lowest BCUT2D eigenvalue weighted by Gasteiger charge is -2.12. The quantitative estimate of drug-likeness (QED) is 0.684. The van der Waals surface area contributed by atoms with Crippen LogP contribution in [0.4, 0.5) is 11.4 Å². The second-order valence-corrected chi connectivity index (χ2v) is 4.41. The van der Waals surface area contributed by atoms with E-state index in [9.17, 15) is 14.9 Å². The number of amides is 1. The summed E-state index contributed by atoms with van der Waals surface area (Å²) in [6.45, 7) is 3.35. The molecule has 0 spiro atoms. The van der Waals surface area contributed by atoms with Gasteiger partial charge in [0, 0.05) is 29.7 Å². The van der Waals surface area contributed by atoms with Crippen molar-refractivity contribution in [2.75, 3.05) is 5.32 Å². The van der Waals surface area contributed by atoms with Crippen molar-refractivity contribution in [3.63, 3.8) is 0 Å². The van der Waals surface area contributed by atoms with Gasteiger partial charge in [0.05, 0.1) is 4.92 Å². The van der Waals surface area contributed by atoms with Crippen molar-refractivity contribution in [2.45, 2.75) is 19.9 Å². The number of nitro benzene ring substituents is 1. The van der Waals surface area contributed by atoms with Crippen molar-refractivity contribution >= 4 is 17.3 Å². The molecule has 0 radical (unpaired) electrons. The molecule has 0 fully saturated rings. The predicted octanol–water partition coefficient (Wildman–Crippen LogP) is 2.30. The monoisotopic (exact) mass is 274 g/mol. The van der Waals surface area contributed by atoms with Gasteiger partial charge in [-0.25, -0.2) is 0 Å². The summed E-state index contributed by atoms with van der Waals surface area (Å²) in [6, 6.07) is 5.82. The number of carbonyl (C=O) groups excluding carboxylic acids is 1. The van der Waals surface area contributed by atoms with Gasteiger partial charge in [0.1, 0.15) is 6.04 Å². The smallest absolute Gasteiger partial charge is 0.274 e. The third kappa shape index (κ3) is 2.82. The van der Waals surface area contributed by atoms with Crippen LogP contribution in [0.5, 0.6) is 0 Å². The highest BCUT2D eigenvalue weighted by Gasteiger charge is 2.17. The first kappa shape index (κ1) is 13.7. The normalized spacial score (nSPS) is 11.9. The molecule has 1 aromatic heterocycles. The Morgan fingerprint density at radius 2 is 2.25 bits per heavy atom. The van der Waals surface area contributed by atoms with Crippen LogP contribution in [0, 0.1) is 17.0 Å². The molecule has 1 N–H and O–H groups in total. The molecule has 0 aliphatic carbocycles. The first-order valence-corrected chi connectivity index (χ1v) is 6.04. The van der Waals surface area contributed by atoms with Crippen LogP contribution < -0.4 is 5.32 Å². The van der Waals surface area contributed by atoms with Gasteiger partial charge < -0.3 is 5.32 Å². The van der Waals surface area contributed by atoms with E-state index in [0.29, 0.717) is 11.3 Å². The molecule has 7 nitrogen and oxygen atoms in total. The Morgan fingerprint density at radius 3 is 2.85 bits per heavy atom. The first-order chi connectivity index (χ1) is 9.49. The van der Waals surface area contributed by atoms with Gasteiger partial charge in [-0.15, -0.1) is 0 Å². The fraction of sp³-hybridized carbons (Fsp3) is 0.231. The highest BCUT2D eigenvalue weighted by Crippen LogP contribution is 2.22. The lowest BCUT2D eigenvalue weighted by atomic mass is 10.2. The summed E-state index contributed by atoms with van der Waals surface area (Å²) >= 11 is 0. The lowest BCUT2D eigenvalue weighted by Crippen LogP contribution is -2.24. The van der Waals surface area contributed by atoms with Crippen LogP contribution >= 0.6 is 0 Å². The van der Waals surface area contributed by atoms with E-state index < -0.39 is 11.0 Å². The molecule has 7 heteroatoms. The number of rotatable bonds is 4. The molecule has 1 unspecified atom stereocenters. The van der Waals surface area contributed by atoms with Gasteiger partial charge in [-0.3, -0.25) is 19.6 Å². The van der Waals surface area contributed by atoms with Gasteiger partial charge in [0.2, 0.25) is 5.91 Å². The van der Waals surface area contributed by atoms with Crippen molar-refractivity contribution < 1.29 is 9.72 Å². The Morgan fingerprint density at radius 1 is 1.50 bits per heavy atom. The molecule has 20 heavy (non-hydrogen) atoms. The van der Waals surface area contributed by atoms with Crippen LogP contribution in [0.15, 0.2) is 36.7 Å². The molecular weight excluding hydrogens is 260 g/mol. The topological polar surface area (TPSA) is 90.1 Å². The molecule has 0 aliphatic heterocycles. The van der Waals surface area contributed by atoms with Crippen molar-refractivity contribution in [3.8, 4) is 0 Å². The van der Waals surface area contributed by atoms with Crippen molar-refractivity contribution in [2.24, 2.45) is 0 Å². The van der Waals surface area contributed by atoms with Crippen molar-refractivity contribution in [1.82, 2.24) is 9.78 Å². The standard InChI is InChI=1S/C13H14N4O3/c1-9-4-5-11(8-12(9)17(19)20)15-13(18)10(2)16-7-3-6-14-16/h3-8,10H,1-2H3,(H,15,18). The van der Waals surface area contributed by atoms with E-state index >= 15 is 0 Å². The number of aromatic nitrogens is 2. The molecule has 0 bridgehead atoms. The van der Waals surface area contributed by atoms with E-state index in [1.165, 1.54) is 10.7 Å². The minimum Gasteiger partial charge on any atom is -0.324 e. The summed E-state index contributed by atoms with van der Waals surface area (Å²) in [7, 11) is 0. The van der Waals surface area contributed by atoms with Crippen LogP contribution in [0.3, 0.4) is 0 Å². The molecule has 104 valence electrons. The number of nitro groups is 1. The maximum atomic E-state index is 12.0. The minimum atomic E-state index is -0.495. The average molecular weight is 274 g/mol. The number of benzene rings is 1. The van der Waals surface area contributed by atoms with Crippen LogP contribution in [-0.4, -0.2) is 20.6 Å². The second kappa shape index (κ2) is 5.52. The summed E-state index contributed by atoms with van der Waals surface area (Å²) in [5.41, 5.74) is 0.925. The summed E-state index contributed by atoms with van der Waals surface area (Å²) in [6.07, 6.45) is 3.27. The zero-order chi connectivity index (χ0) is 14.7. The minimum absolute atomic E-state index is 0.0189. The molecule has 1 aromatic carbocycles. The van der Waals surface area contributed by atoms with Gasteiger partial charge in [-0.1, -0.05) is 6.07 Å². The largest absolute Gasteiger partial charge is 0.324 e. The van der Waals surface area contributed by atoms with E-state index in [-0.39, 0.29) is 11.6 Å². The molecule has 0 saturated heterocycles. The van der Waals surface area contributed by atoms with E-state index in [2.05, 4.69) is 10.4 Å². The number of anilines is 1. The van der Waals surface area contributed by atoms with E-state index in [0.717, 1.165) is 0 Å². The van der Waals surface area contributed by atoms with E-state index in [1.807, 2.05) is 0 Å². The Balaban J connectivity index is 2.16. The zero-order valence-electron chi connectivity index (χ0n) is 11.1. The summed E-state index contributed by atoms with van der Waals surface area (Å²) < 4.78 is 1.51. The SMILES string of the molecule is Cc1ccc(NC(=O)C(C)n2cccn2)cc1[N+](=O)[O-]. The van der Waals surface area contributed by atoms with Gasteiger partial charge >= 0.3 is 0 Å². The number of hydrogen-bond acceptors (Lipinski definition) is 4. The van der Waals surface area contributed by atoms with Crippen LogP contribution in [0.25, 0.3) is 0 Å². The Labute approximate surface area is 115 Å². The zero-order valence-corrected chi connectivity index (χ0v) is 11.1.